The largest absolute Gasteiger partial charge is 0.325 e. The maximum atomic E-state index is 13.4. The van der Waals surface area contributed by atoms with Crippen LogP contribution in [0.1, 0.15) is 30.7 Å². The quantitative estimate of drug-likeness (QED) is 0.654. The van der Waals surface area contributed by atoms with E-state index in [2.05, 4.69) is 24.1 Å². The number of fused-ring (bicyclic) bond motifs is 9. The molecule has 2 N–H and O–H groups in total. The second-order valence-corrected chi connectivity index (χ2v) is 12.5. The van der Waals surface area contributed by atoms with Crippen LogP contribution in [0.15, 0.2) is 34.1 Å². The number of thioether (sulfide) groups is 1. The summed E-state index contributed by atoms with van der Waals surface area (Å²) in [6.45, 7) is 6.02. The molecule has 9 heteroatoms. The highest BCUT2D eigenvalue weighted by molar-refractivity contribution is 8.00. The van der Waals surface area contributed by atoms with Gasteiger partial charge in [0.1, 0.15) is 6.54 Å². The molecule has 1 aromatic carbocycles. The maximum Gasteiger partial charge on any atom is 0.305 e. The second kappa shape index (κ2) is 7.06. The first-order valence-electron chi connectivity index (χ1n) is 11.3. The lowest BCUT2D eigenvalue weighted by Crippen LogP contribution is -2.48. The summed E-state index contributed by atoms with van der Waals surface area (Å²) in [6, 6.07) is 7.44. The van der Waals surface area contributed by atoms with E-state index in [1.807, 2.05) is 25.1 Å². The van der Waals surface area contributed by atoms with E-state index in [1.54, 1.807) is 17.8 Å². The van der Waals surface area contributed by atoms with Gasteiger partial charge in [0.05, 0.1) is 16.9 Å². The van der Waals surface area contributed by atoms with Crippen molar-refractivity contribution in [3.63, 3.8) is 0 Å². The number of likely N-dealkylation sites (tertiary alicyclic amines) is 1. The Morgan fingerprint density at radius 1 is 1.18 bits per heavy atom. The first-order valence-corrected chi connectivity index (χ1v) is 13.0. The molecule has 3 fully saturated rings. The highest BCUT2D eigenvalue weighted by atomic mass is 32.2. The summed E-state index contributed by atoms with van der Waals surface area (Å²) in [5.41, 5.74) is 1.44. The van der Waals surface area contributed by atoms with E-state index in [4.69, 9.17) is 0 Å². The third kappa shape index (κ3) is 2.94. The van der Waals surface area contributed by atoms with Crippen LogP contribution >= 0.6 is 23.1 Å². The number of nitrogens with one attached hydrogen (secondary N) is 2. The molecular formula is C24H25N3O4S2. The number of imide groups is 1. The zero-order valence-corrected chi connectivity index (χ0v) is 20.2. The van der Waals surface area contributed by atoms with Gasteiger partial charge in [-0.15, -0.1) is 11.8 Å². The number of benzene rings is 1. The SMILES string of the molecule is Cc1cccc(NC(=O)CN2C(=O)[C@@H]3[C@@H]4C[C@@H]([C@@H]3C2=O)[C@@H]2[C@@H]4Sc3[nH]c(=O)sc3C2(C)C)c1. The average Bonchev–Trinajstić information content (AvgIpc) is 3.46. The number of thiazole rings is 1. The van der Waals surface area contributed by atoms with Crippen LogP contribution in [0.4, 0.5) is 5.69 Å². The van der Waals surface area contributed by atoms with Crippen LogP contribution in [0, 0.1) is 36.5 Å². The fourth-order valence-corrected chi connectivity index (χ4v) is 10.1. The Morgan fingerprint density at radius 2 is 1.91 bits per heavy atom. The molecule has 33 heavy (non-hydrogen) atoms. The molecule has 1 aromatic heterocycles. The Balaban J connectivity index is 1.26. The van der Waals surface area contributed by atoms with Crippen molar-refractivity contribution in [2.75, 3.05) is 11.9 Å². The molecule has 2 aliphatic carbocycles. The van der Waals surface area contributed by atoms with Gasteiger partial charge in [-0.25, -0.2) is 0 Å². The van der Waals surface area contributed by atoms with Gasteiger partial charge in [0.2, 0.25) is 17.7 Å². The number of hydrogen-bond acceptors (Lipinski definition) is 6. The van der Waals surface area contributed by atoms with Crippen molar-refractivity contribution >= 4 is 46.5 Å². The zero-order valence-electron chi connectivity index (χ0n) is 18.6. The van der Waals surface area contributed by atoms with Gasteiger partial charge in [-0.3, -0.25) is 24.1 Å². The normalized spacial score (nSPS) is 33.1. The fourth-order valence-electron chi connectivity index (χ4n) is 6.94. The predicted molar refractivity (Wildman–Crippen MR) is 126 cm³/mol. The average molecular weight is 484 g/mol. The molecule has 6 rings (SSSR count). The number of anilines is 1. The standard InChI is InChI=1S/C24H25N3O4S2/c1-10-5-4-6-11(7-10)25-14(28)9-27-21(29)15-12-8-13(16(15)22(27)30)18-17(12)24(2,3)19-20(32-18)26-23(31)33-19/h4-7,12-13,15-18H,8-9H2,1-3H3,(H,25,28)(H,26,31)/t12-,13-,15-,16+,17+,18+/m0/s1. The van der Waals surface area contributed by atoms with E-state index < -0.39 is 0 Å². The Bertz CT molecular complexity index is 1260. The lowest BCUT2D eigenvalue weighted by Gasteiger charge is -2.47. The molecule has 6 atom stereocenters. The number of rotatable bonds is 3. The van der Waals surface area contributed by atoms with Crippen LogP contribution in [-0.4, -0.2) is 39.4 Å². The van der Waals surface area contributed by atoms with Gasteiger partial charge in [-0.1, -0.05) is 37.3 Å². The summed E-state index contributed by atoms with van der Waals surface area (Å²) in [5.74, 6) is -1.07. The first-order chi connectivity index (χ1) is 15.7. The maximum absolute atomic E-state index is 13.4. The van der Waals surface area contributed by atoms with E-state index in [-0.39, 0.29) is 69.4 Å². The van der Waals surface area contributed by atoms with Crippen molar-refractivity contribution < 1.29 is 14.4 Å². The molecule has 4 aliphatic rings. The summed E-state index contributed by atoms with van der Waals surface area (Å²) in [7, 11) is 0. The summed E-state index contributed by atoms with van der Waals surface area (Å²) >= 11 is 2.94. The van der Waals surface area contributed by atoms with Gasteiger partial charge in [0.15, 0.2) is 0 Å². The van der Waals surface area contributed by atoms with Crippen LogP contribution in [0.3, 0.4) is 0 Å². The van der Waals surface area contributed by atoms with Crippen molar-refractivity contribution in [1.29, 1.82) is 0 Å². The summed E-state index contributed by atoms with van der Waals surface area (Å²) in [5, 5.41) is 3.93. The number of aromatic amines is 1. The number of aryl methyl sites for hydroxylation is 1. The molecule has 7 nitrogen and oxygen atoms in total. The summed E-state index contributed by atoms with van der Waals surface area (Å²) in [6.07, 6.45) is 0.862. The second-order valence-electron chi connectivity index (χ2n) is 10.3. The van der Waals surface area contributed by atoms with Gasteiger partial charge in [-0.2, -0.15) is 0 Å². The van der Waals surface area contributed by atoms with Crippen molar-refractivity contribution in [2.24, 2.45) is 29.6 Å². The Kier molecular flexibility index (Phi) is 4.52. The van der Waals surface area contributed by atoms with Crippen molar-refractivity contribution in [1.82, 2.24) is 9.88 Å². The molecule has 0 spiro atoms. The van der Waals surface area contributed by atoms with Crippen LogP contribution in [-0.2, 0) is 19.8 Å². The lowest BCUT2D eigenvalue weighted by molar-refractivity contribution is -0.143. The molecule has 3 heterocycles. The smallest absolute Gasteiger partial charge is 0.305 e. The molecule has 2 aromatic rings. The number of carbonyl (C=O) groups is 3. The third-order valence-electron chi connectivity index (χ3n) is 8.09. The van der Waals surface area contributed by atoms with Crippen LogP contribution in [0.2, 0.25) is 0 Å². The molecule has 172 valence electrons. The Labute approximate surface area is 199 Å². The van der Waals surface area contributed by atoms with Crippen LogP contribution < -0.4 is 10.2 Å². The zero-order chi connectivity index (χ0) is 23.2. The molecular weight excluding hydrogens is 458 g/mol. The Morgan fingerprint density at radius 3 is 2.64 bits per heavy atom. The van der Waals surface area contributed by atoms with E-state index in [0.29, 0.717) is 5.69 Å². The van der Waals surface area contributed by atoms with Crippen molar-refractivity contribution in [3.05, 3.63) is 44.4 Å². The highest BCUT2D eigenvalue weighted by Gasteiger charge is 2.70. The molecule has 2 saturated carbocycles. The monoisotopic (exact) mass is 483 g/mol. The van der Waals surface area contributed by atoms with E-state index in [1.165, 1.54) is 16.2 Å². The van der Waals surface area contributed by atoms with Gasteiger partial charge in [-0.05, 0) is 48.8 Å². The number of carbonyl (C=O) groups excluding carboxylic acids is 3. The number of amides is 3. The molecule has 0 unspecified atom stereocenters. The lowest BCUT2D eigenvalue weighted by atomic mass is 9.64. The van der Waals surface area contributed by atoms with Gasteiger partial charge >= 0.3 is 4.87 Å². The molecule has 3 amide bonds. The number of H-pyrrole nitrogens is 1. The molecule has 1 saturated heterocycles. The van der Waals surface area contributed by atoms with Gasteiger partial charge in [0.25, 0.3) is 0 Å². The van der Waals surface area contributed by atoms with E-state index >= 15 is 0 Å². The molecule has 0 radical (unpaired) electrons. The summed E-state index contributed by atoms with van der Waals surface area (Å²) in [4.78, 5) is 56.7. The number of hydrogen-bond donors (Lipinski definition) is 2. The highest BCUT2D eigenvalue weighted by Crippen LogP contribution is 2.68. The minimum absolute atomic E-state index is 0.0500. The predicted octanol–water partition coefficient (Wildman–Crippen LogP) is 3.00. The summed E-state index contributed by atoms with van der Waals surface area (Å²) < 4.78 is 0. The van der Waals surface area contributed by atoms with E-state index in [9.17, 15) is 19.2 Å². The minimum atomic E-state index is -0.360. The fraction of sp³-hybridized carbons (Fsp3) is 0.500. The van der Waals surface area contributed by atoms with Gasteiger partial charge in [0, 0.05) is 21.2 Å². The topological polar surface area (TPSA) is 99.3 Å². The first kappa shape index (κ1) is 21.2. The van der Waals surface area contributed by atoms with Gasteiger partial charge < -0.3 is 10.3 Å². The van der Waals surface area contributed by atoms with Crippen LogP contribution in [0.5, 0.6) is 0 Å². The molecule has 2 bridgehead atoms. The van der Waals surface area contributed by atoms with Crippen molar-refractivity contribution in [3.8, 4) is 0 Å². The minimum Gasteiger partial charge on any atom is -0.325 e. The van der Waals surface area contributed by atoms with E-state index in [0.717, 1.165) is 21.9 Å². The number of aromatic nitrogens is 1. The Hall–Kier alpha value is -2.39. The number of nitrogens with zero attached hydrogens (tertiary/aromatic N) is 1. The van der Waals surface area contributed by atoms with Crippen molar-refractivity contribution in [2.45, 2.75) is 42.9 Å². The molecule has 2 aliphatic heterocycles. The third-order valence-corrected chi connectivity index (χ3v) is 10.9. The van der Waals surface area contributed by atoms with Crippen LogP contribution in [0.25, 0.3) is 0 Å².